The van der Waals surface area contributed by atoms with E-state index >= 15 is 0 Å². The first kappa shape index (κ1) is 13.8. The smallest absolute Gasteiger partial charge is 0.317 e. The van der Waals surface area contributed by atoms with Crippen LogP contribution in [0.25, 0.3) is 0 Å². The second kappa shape index (κ2) is 6.47. The summed E-state index contributed by atoms with van der Waals surface area (Å²) in [7, 11) is 0. The molecule has 1 saturated heterocycles. The van der Waals surface area contributed by atoms with Gasteiger partial charge in [0.1, 0.15) is 0 Å². The molecular weight excluding hydrogens is 218 g/mol. The van der Waals surface area contributed by atoms with Gasteiger partial charge in [-0.3, -0.25) is 4.79 Å². The molecule has 17 heavy (non-hydrogen) atoms. The van der Waals surface area contributed by atoms with Crippen molar-refractivity contribution in [2.45, 2.75) is 39.7 Å². The molecule has 1 atom stereocenters. The van der Waals surface area contributed by atoms with Gasteiger partial charge in [0.05, 0.1) is 0 Å². The van der Waals surface area contributed by atoms with Crippen molar-refractivity contribution in [3.63, 3.8) is 0 Å². The molecule has 0 aromatic heterocycles. The molecule has 0 bridgehead atoms. The summed E-state index contributed by atoms with van der Waals surface area (Å²) >= 11 is 0. The molecule has 0 radical (unpaired) electrons. The van der Waals surface area contributed by atoms with Crippen molar-refractivity contribution in [1.82, 2.24) is 15.1 Å². The predicted molar refractivity (Wildman–Crippen MR) is 66.7 cm³/mol. The summed E-state index contributed by atoms with van der Waals surface area (Å²) in [6.45, 7) is 8.37. The van der Waals surface area contributed by atoms with Crippen molar-refractivity contribution in [2.75, 3.05) is 26.2 Å². The lowest BCUT2D eigenvalue weighted by molar-refractivity contribution is -0.128. The van der Waals surface area contributed by atoms with Crippen molar-refractivity contribution in [3.05, 3.63) is 0 Å². The van der Waals surface area contributed by atoms with Gasteiger partial charge in [0.25, 0.3) is 0 Å². The van der Waals surface area contributed by atoms with Gasteiger partial charge in [-0.25, -0.2) is 4.79 Å². The summed E-state index contributed by atoms with van der Waals surface area (Å²) in [5.74, 6) is 0.0918. The molecule has 0 unspecified atom stereocenters. The first-order valence-corrected chi connectivity index (χ1v) is 6.35. The Bertz CT molecular complexity index is 281. The van der Waals surface area contributed by atoms with E-state index in [9.17, 15) is 9.59 Å². The first-order chi connectivity index (χ1) is 8.04. The van der Waals surface area contributed by atoms with Gasteiger partial charge in [-0.1, -0.05) is 6.92 Å². The second-order valence-electron chi connectivity index (χ2n) is 4.61. The highest BCUT2D eigenvalue weighted by molar-refractivity contribution is 5.75. The van der Waals surface area contributed by atoms with Gasteiger partial charge in [-0.15, -0.1) is 0 Å². The van der Waals surface area contributed by atoms with E-state index in [1.807, 2.05) is 13.8 Å². The molecule has 1 N–H and O–H groups in total. The highest BCUT2D eigenvalue weighted by atomic mass is 16.2. The zero-order valence-electron chi connectivity index (χ0n) is 11.0. The lowest BCUT2D eigenvalue weighted by Gasteiger charge is -2.23. The van der Waals surface area contributed by atoms with E-state index in [4.69, 9.17) is 0 Å². The van der Waals surface area contributed by atoms with Gasteiger partial charge in [-0.2, -0.15) is 0 Å². The Morgan fingerprint density at radius 1 is 1.18 bits per heavy atom. The normalized spacial score (nSPS) is 18.5. The quantitative estimate of drug-likeness (QED) is 0.785. The summed E-state index contributed by atoms with van der Waals surface area (Å²) in [5, 5.41) is 2.95. The van der Waals surface area contributed by atoms with Crippen molar-refractivity contribution in [1.29, 1.82) is 0 Å². The number of hydrogen-bond acceptors (Lipinski definition) is 2. The van der Waals surface area contributed by atoms with Crippen molar-refractivity contribution in [2.24, 2.45) is 0 Å². The average molecular weight is 241 g/mol. The number of carbonyl (C=O) groups is 2. The highest BCUT2D eigenvalue weighted by Gasteiger charge is 2.20. The van der Waals surface area contributed by atoms with Crippen LogP contribution in [0, 0.1) is 0 Å². The topological polar surface area (TPSA) is 52.7 Å². The standard InChI is InChI=1S/C12H23N3O2/c1-4-10(2)13-12(17)15-7-5-6-14(8-9-15)11(3)16/h10H,4-9H2,1-3H3,(H,13,17)/t10-/m0/s1. The number of urea groups is 1. The monoisotopic (exact) mass is 241 g/mol. The van der Waals surface area contributed by atoms with Crippen LogP contribution in [-0.2, 0) is 4.79 Å². The van der Waals surface area contributed by atoms with Crippen LogP contribution in [0.1, 0.15) is 33.6 Å². The molecule has 0 spiro atoms. The zero-order valence-corrected chi connectivity index (χ0v) is 11.0. The van der Waals surface area contributed by atoms with E-state index in [2.05, 4.69) is 5.32 Å². The van der Waals surface area contributed by atoms with E-state index in [1.165, 1.54) is 0 Å². The van der Waals surface area contributed by atoms with Crippen LogP contribution >= 0.6 is 0 Å². The van der Waals surface area contributed by atoms with E-state index in [1.54, 1.807) is 16.7 Å². The fourth-order valence-corrected chi connectivity index (χ4v) is 1.84. The third-order valence-corrected chi connectivity index (χ3v) is 3.21. The van der Waals surface area contributed by atoms with Crippen LogP contribution in [0.2, 0.25) is 0 Å². The van der Waals surface area contributed by atoms with Crippen molar-refractivity contribution < 1.29 is 9.59 Å². The van der Waals surface area contributed by atoms with Gasteiger partial charge in [0.2, 0.25) is 5.91 Å². The summed E-state index contributed by atoms with van der Waals surface area (Å²) in [6, 6.07) is 0.194. The van der Waals surface area contributed by atoms with E-state index in [-0.39, 0.29) is 18.0 Å². The van der Waals surface area contributed by atoms with Crippen LogP contribution in [0.4, 0.5) is 4.79 Å². The molecule has 1 rings (SSSR count). The van der Waals surface area contributed by atoms with E-state index < -0.39 is 0 Å². The fraction of sp³-hybridized carbons (Fsp3) is 0.833. The Morgan fingerprint density at radius 3 is 2.35 bits per heavy atom. The predicted octanol–water partition coefficient (Wildman–Crippen LogP) is 1.05. The molecule has 98 valence electrons. The molecule has 5 heteroatoms. The number of carbonyl (C=O) groups excluding carboxylic acids is 2. The van der Waals surface area contributed by atoms with E-state index in [0.717, 1.165) is 25.9 Å². The SMILES string of the molecule is CC[C@H](C)NC(=O)N1CCCN(C(C)=O)CC1. The van der Waals surface area contributed by atoms with Gasteiger partial charge < -0.3 is 15.1 Å². The summed E-state index contributed by atoms with van der Waals surface area (Å²) in [6.07, 6.45) is 1.78. The summed E-state index contributed by atoms with van der Waals surface area (Å²) in [4.78, 5) is 26.8. The molecule has 5 nitrogen and oxygen atoms in total. The zero-order chi connectivity index (χ0) is 12.8. The minimum absolute atomic E-state index is 0.00949. The number of amides is 3. The van der Waals surface area contributed by atoms with Gasteiger partial charge >= 0.3 is 6.03 Å². The minimum atomic E-state index is -0.00949. The third-order valence-electron chi connectivity index (χ3n) is 3.21. The Labute approximate surface area is 103 Å². The lowest BCUT2D eigenvalue weighted by Crippen LogP contribution is -2.45. The first-order valence-electron chi connectivity index (χ1n) is 6.35. The molecule has 0 saturated carbocycles. The molecule has 1 aliphatic heterocycles. The average Bonchev–Trinajstić information content (AvgIpc) is 2.54. The summed E-state index contributed by atoms with van der Waals surface area (Å²) < 4.78 is 0. The van der Waals surface area contributed by atoms with Crippen LogP contribution < -0.4 is 5.32 Å². The third kappa shape index (κ3) is 4.24. The van der Waals surface area contributed by atoms with Crippen LogP contribution in [0.15, 0.2) is 0 Å². The maximum absolute atomic E-state index is 11.9. The number of nitrogens with zero attached hydrogens (tertiary/aromatic N) is 2. The van der Waals surface area contributed by atoms with Crippen molar-refractivity contribution in [3.8, 4) is 0 Å². The Kier molecular flexibility index (Phi) is 5.25. The maximum atomic E-state index is 11.9. The highest BCUT2D eigenvalue weighted by Crippen LogP contribution is 2.04. The second-order valence-corrected chi connectivity index (χ2v) is 4.61. The number of rotatable bonds is 2. The summed E-state index contributed by atoms with van der Waals surface area (Å²) in [5.41, 5.74) is 0. The lowest BCUT2D eigenvalue weighted by atomic mass is 10.3. The van der Waals surface area contributed by atoms with Gasteiger partial charge in [0, 0.05) is 39.1 Å². The molecule has 1 heterocycles. The molecule has 1 aliphatic rings. The number of hydrogen-bond donors (Lipinski definition) is 1. The molecule has 0 aromatic carbocycles. The molecule has 0 aliphatic carbocycles. The maximum Gasteiger partial charge on any atom is 0.317 e. The number of nitrogens with one attached hydrogen (secondary N) is 1. The molecule has 1 fully saturated rings. The van der Waals surface area contributed by atoms with Gasteiger partial charge in [-0.05, 0) is 19.8 Å². The Morgan fingerprint density at radius 2 is 1.76 bits per heavy atom. The molecule has 3 amide bonds. The molecular formula is C12H23N3O2. The minimum Gasteiger partial charge on any atom is -0.341 e. The van der Waals surface area contributed by atoms with Crippen LogP contribution in [0.5, 0.6) is 0 Å². The fourth-order valence-electron chi connectivity index (χ4n) is 1.84. The van der Waals surface area contributed by atoms with E-state index in [0.29, 0.717) is 13.1 Å². The Balaban J connectivity index is 2.45. The largest absolute Gasteiger partial charge is 0.341 e. The van der Waals surface area contributed by atoms with Crippen LogP contribution in [0.3, 0.4) is 0 Å². The van der Waals surface area contributed by atoms with Crippen molar-refractivity contribution >= 4 is 11.9 Å². The Hall–Kier alpha value is -1.26. The van der Waals surface area contributed by atoms with Gasteiger partial charge in [0.15, 0.2) is 0 Å². The van der Waals surface area contributed by atoms with Crippen LogP contribution in [-0.4, -0.2) is 54.0 Å². The molecule has 0 aromatic rings.